The Morgan fingerprint density at radius 3 is 2.48 bits per heavy atom. The molecule has 0 saturated carbocycles. The zero-order chi connectivity index (χ0) is 20.6. The fourth-order valence-electron chi connectivity index (χ4n) is 2.69. The summed E-state index contributed by atoms with van der Waals surface area (Å²) in [6, 6.07) is 16.2. The third kappa shape index (κ3) is 6.35. The first-order chi connectivity index (χ1) is 14.0. The van der Waals surface area contributed by atoms with Gasteiger partial charge in [-0.25, -0.2) is 0 Å². The van der Waals surface area contributed by atoms with Gasteiger partial charge in [-0.2, -0.15) is 0 Å². The maximum absolute atomic E-state index is 12.1. The van der Waals surface area contributed by atoms with Crippen LogP contribution in [0.5, 0.6) is 5.75 Å². The predicted molar refractivity (Wildman–Crippen MR) is 115 cm³/mol. The zero-order valence-electron chi connectivity index (χ0n) is 16.8. The number of hydrogen-bond acceptors (Lipinski definition) is 6. The van der Waals surface area contributed by atoms with E-state index in [9.17, 15) is 4.79 Å². The van der Waals surface area contributed by atoms with Crippen molar-refractivity contribution in [2.75, 3.05) is 18.2 Å². The summed E-state index contributed by atoms with van der Waals surface area (Å²) in [6.45, 7) is 4.33. The molecule has 0 spiro atoms. The molecule has 2 aromatic carbocycles. The van der Waals surface area contributed by atoms with Gasteiger partial charge < -0.3 is 9.15 Å². The lowest BCUT2D eigenvalue weighted by molar-refractivity contribution is -0.115. The van der Waals surface area contributed by atoms with Crippen molar-refractivity contribution in [1.29, 1.82) is 0 Å². The van der Waals surface area contributed by atoms with E-state index in [1.165, 1.54) is 5.56 Å². The highest BCUT2D eigenvalue weighted by molar-refractivity contribution is 7.99. The van der Waals surface area contributed by atoms with Crippen molar-refractivity contribution >= 4 is 23.7 Å². The molecule has 7 heteroatoms. The number of nitrogens with zero attached hydrogens (tertiary/aromatic N) is 2. The smallest absolute Gasteiger partial charge is 0.322 e. The van der Waals surface area contributed by atoms with Crippen LogP contribution in [0.2, 0.25) is 0 Å². The van der Waals surface area contributed by atoms with Crippen LogP contribution < -0.4 is 10.1 Å². The van der Waals surface area contributed by atoms with Crippen molar-refractivity contribution < 1.29 is 13.9 Å². The summed E-state index contributed by atoms with van der Waals surface area (Å²) >= 11 is 1.61. The normalized spacial score (nSPS) is 10.9. The van der Waals surface area contributed by atoms with Gasteiger partial charge in [0.15, 0.2) is 0 Å². The highest BCUT2D eigenvalue weighted by Gasteiger charge is 2.11. The first-order valence-electron chi connectivity index (χ1n) is 9.51. The lowest BCUT2D eigenvalue weighted by atomic mass is 10.0. The average molecular weight is 412 g/mol. The first-order valence-corrected chi connectivity index (χ1v) is 10.5. The van der Waals surface area contributed by atoms with Gasteiger partial charge in [0.2, 0.25) is 11.8 Å². The Morgan fingerprint density at radius 2 is 1.83 bits per heavy atom. The van der Waals surface area contributed by atoms with Crippen LogP contribution in [-0.4, -0.2) is 29.0 Å². The summed E-state index contributed by atoms with van der Waals surface area (Å²) < 4.78 is 10.7. The number of rotatable bonds is 9. The standard InChI is InChI=1S/C22H25N3O3S/c1-15(2)17-6-4-16(5-7-17)14-21-24-25-22(28-21)23-20(26)12-13-29-19-10-8-18(27-3)9-11-19/h4-11,15H,12-14H2,1-3H3,(H,23,25,26). The molecule has 0 fully saturated rings. The van der Waals surface area contributed by atoms with Crippen LogP contribution in [0.3, 0.4) is 0 Å². The first kappa shape index (κ1) is 20.9. The van der Waals surface area contributed by atoms with Gasteiger partial charge in [0, 0.05) is 17.1 Å². The molecule has 0 unspecified atom stereocenters. The zero-order valence-corrected chi connectivity index (χ0v) is 17.7. The Hall–Kier alpha value is -2.80. The number of hydrogen-bond donors (Lipinski definition) is 1. The predicted octanol–water partition coefficient (Wildman–Crippen LogP) is 4.91. The third-order valence-electron chi connectivity index (χ3n) is 4.37. The van der Waals surface area contributed by atoms with Crippen LogP contribution in [0.4, 0.5) is 6.01 Å². The Labute approximate surface area is 175 Å². The molecule has 29 heavy (non-hydrogen) atoms. The third-order valence-corrected chi connectivity index (χ3v) is 5.39. The van der Waals surface area contributed by atoms with Crippen molar-refractivity contribution in [3.63, 3.8) is 0 Å². The number of thioether (sulfide) groups is 1. The molecule has 3 aromatic rings. The molecule has 0 bridgehead atoms. The van der Waals surface area contributed by atoms with E-state index in [1.54, 1.807) is 18.9 Å². The SMILES string of the molecule is COc1ccc(SCCC(=O)Nc2nnc(Cc3ccc(C(C)C)cc3)o2)cc1. The summed E-state index contributed by atoms with van der Waals surface area (Å²) in [4.78, 5) is 13.2. The van der Waals surface area contributed by atoms with Gasteiger partial charge in [-0.1, -0.05) is 43.2 Å². The van der Waals surface area contributed by atoms with Gasteiger partial charge >= 0.3 is 6.01 Å². The number of methoxy groups -OCH3 is 1. The van der Waals surface area contributed by atoms with E-state index >= 15 is 0 Å². The van der Waals surface area contributed by atoms with E-state index in [1.807, 2.05) is 24.3 Å². The molecule has 0 saturated heterocycles. The van der Waals surface area contributed by atoms with E-state index in [4.69, 9.17) is 9.15 Å². The van der Waals surface area contributed by atoms with Crippen molar-refractivity contribution in [3.05, 3.63) is 65.5 Å². The Morgan fingerprint density at radius 1 is 1.10 bits per heavy atom. The molecule has 1 aromatic heterocycles. The van der Waals surface area contributed by atoms with Gasteiger partial charge in [0.1, 0.15) is 5.75 Å². The summed E-state index contributed by atoms with van der Waals surface area (Å²) in [7, 11) is 1.64. The molecule has 0 aliphatic rings. The Kier molecular flexibility index (Phi) is 7.30. The van der Waals surface area contributed by atoms with Gasteiger partial charge in [0.05, 0.1) is 13.5 Å². The number of benzene rings is 2. The van der Waals surface area contributed by atoms with E-state index < -0.39 is 0 Å². The van der Waals surface area contributed by atoms with Crippen LogP contribution >= 0.6 is 11.8 Å². The number of ether oxygens (including phenoxy) is 1. The summed E-state index contributed by atoms with van der Waals surface area (Å²) in [6.07, 6.45) is 0.889. The van der Waals surface area contributed by atoms with E-state index in [2.05, 4.69) is 53.6 Å². The lowest BCUT2D eigenvalue weighted by Crippen LogP contribution is -2.12. The van der Waals surface area contributed by atoms with E-state index in [-0.39, 0.29) is 11.9 Å². The van der Waals surface area contributed by atoms with Crippen molar-refractivity contribution in [3.8, 4) is 5.75 Å². The lowest BCUT2D eigenvalue weighted by Gasteiger charge is -2.05. The average Bonchev–Trinajstić information content (AvgIpc) is 3.15. The molecule has 3 rings (SSSR count). The molecule has 1 N–H and O–H groups in total. The monoisotopic (exact) mass is 411 g/mol. The minimum atomic E-state index is -0.150. The fourth-order valence-corrected chi connectivity index (χ4v) is 3.54. The van der Waals surface area contributed by atoms with Crippen molar-refractivity contribution in [2.24, 2.45) is 0 Å². The number of carbonyl (C=O) groups excluding carboxylic acids is 1. The van der Waals surface area contributed by atoms with E-state index in [0.717, 1.165) is 16.2 Å². The number of anilines is 1. The molecule has 0 radical (unpaired) electrons. The number of carbonyl (C=O) groups is 1. The maximum atomic E-state index is 12.1. The summed E-state index contributed by atoms with van der Waals surface area (Å²) in [5.74, 6) is 2.29. The van der Waals surface area contributed by atoms with Crippen LogP contribution in [0.1, 0.15) is 43.2 Å². The molecule has 0 aliphatic carbocycles. The maximum Gasteiger partial charge on any atom is 0.322 e. The van der Waals surface area contributed by atoms with Crippen molar-refractivity contribution in [2.45, 2.75) is 37.5 Å². The number of amides is 1. The van der Waals surface area contributed by atoms with E-state index in [0.29, 0.717) is 30.4 Å². The van der Waals surface area contributed by atoms with Crippen LogP contribution in [0.15, 0.2) is 57.8 Å². The summed E-state index contributed by atoms with van der Waals surface area (Å²) in [5, 5.41) is 10.6. The Balaban J connectivity index is 1.44. The van der Waals surface area contributed by atoms with Gasteiger partial charge in [0.25, 0.3) is 0 Å². The van der Waals surface area contributed by atoms with Gasteiger partial charge in [-0.15, -0.1) is 16.9 Å². The van der Waals surface area contributed by atoms with Crippen LogP contribution in [0.25, 0.3) is 0 Å². The summed E-state index contributed by atoms with van der Waals surface area (Å²) in [5.41, 5.74) is 2.38. The molecule has 152 valence electrons. The second-order valence-corrected chi connectivity index (χ2v) is 8.06. The fraction of sp³-hybridized carbons (Fsp3) is 0.318. The molecule has 0 aliphatic heterocycles. The second-order valence-electron chi connectivity index (χ2n) is 6.90. The highest BCUT2D eigenvalue weighted by Crippen LogP contribution is 2.22. The number of nitrogens with one attached hydrogen (secondary N) is 1. The Bertz CT molecular complexity index is 921. The second kappa shape index (κ2) is 10.1. The minimum Gasteiger partial charge on any atom is -0.497 e. The minimum absolute atomic E-state index is 0.137. The largest absolute Gasteiger partial charge is 0.497 e. The highest BCUT2D eigenvalue weighted by atomic mass is 32.2. The molecule has 6 nitrogen and oxygen atoms in total. The molecule has 0 atom stereocenters. The quantitative estimate of drug-likeness (QED) is 0.504. The molecule has 1 heterocycles. The van der Waals surface area contributed by atoms with Crippen LogP contribution in [-0.2, 0) is 11.2 Å². The van der Waals surface area contributed by atoms with Gasteiger partial charge in [-0.3, -0.25) is 10.1 Å². The molecular weight excluding hydrogens is 386 g/mol. The van der Waals surface area contributed by atoms with Gasteiger partial charge in [-0.05, 0) is 41.3 Å². The molecule has 1 amide bonds. The topological polar surface area (TPSA) is 77.2 Å². The van der Waals surface area contributed by atoms with Crippen molar-refractivity contribution in [1.82, 2.24) is 10.2 Å². The number of aromatic nitrogens is 2. The molecular formula is C22H25N3O3S. The van der Waals surface area contributed by atoms with Crippen LogP contribution in [0, 0.1) is 0 Å².